The van der Waals surface area contributed by atoms with E-state index in [9.17, 15) is 18.0 Å². The molecule has 1 aliphatic rings. The monoisotopic (exact) mass is 479 g/mol. The predicted molar refractivity (Wildman–Crippen MR) is 132 cm³/mol. The molecular formula is C24H25N5O4S. The number of sulfonamides is 1. The highest BCUT2D eigenvalue weighted by molar-refractivity contribution is 7.90. The highest BCUT2D eigenvalue weighted by Gasteiger charge is 2.30. The molecule has 10 heteroatoms. The first-order chi connectivity index (χ1) is 16.0. The zero-order chi connectivity index (χ0) is 24.6. The van der Waals surface area contributed by atoms with Crippen LogP contribution in [0.25, 0.3) is 11.4 Å². The molecule has 0 unspecified atom stereocenters. The first-order valence-electron chi connectivity index (χ1n) is 10.8. The third-order valence-electron chi connectivity index (χ3n) is 5.24. The van der Waals surface area contributed by atoms with Crippen LogP contribution in [0.3, 0.4) is 0 Å². The lowest BCUT2D eigenvalue weighted by Crippen LogP contribution is -2.36. The summed E-state index contributed by atoms with van der Waals surface area (Å²) in [6.45, 7) is 8.06. The van der Waals surface area contributed by atoms with E-state index in [1.165, 1.54) is 12.1 Å². The summed E-state index contributed by atoms with van der Waals surface area (Å²) in [5, 5.41) is 2.78. The van der Waals surface area contributed by atoms with Crippen LogP contribution < -0.4 is 15.8 Å². The molecule has 0 spiro atoms. The fourth-order valence-electron chi connectivity index (χ4n) is 3.79. The quantitative estimate of drug-likeness (QED) is 0.576. The van der Waals surface area contributed by atoms with Crippen molar-refractivity contribution in [2.24, 2.45) is 10.3 Å². The number of carbonyl (C=O) groups excluding carboxylic acids is 1. The minimum absolute atomic E-state index is 0.00156. The third kappa shape index (κ3) is 4.76. The second-order valence-electron chi connectivity index (χ2n) is 8.57. The summed E-state index contributed by atoms with van der Waals surface area (Å²) in [6.07, 6.45) is 0. The molecule has 1 amide bonds. The maximum Gasteiger partial charge on any atom is 0.286 e. The van der Waals surface area contributed by atoms with Crippen molar-refractivity contribution in [1.29, 1.82) is 0 Å². The van der Waals surface area contributed by atoms with Crippen LogP contribution in [0.4, 0.5) is 11.4 Å². The van der Waals surface area contributed by atoms with Crippen LogP contribution in [0.2, 0.25) is 0 Å². The van der Waals surface area contributed by atoms with E-state index >= 15 is 0 Å². The molecule has 2 aromatic carbocycles. The van der Waals surface area contributed by atoms with Crippen molar-refractivity contribution in [2.75, 3.05) is 16.8 Å². The van der Waals surface area contributed by atoms with Crippen molar-refractivity contribution >= 4 is 33.1 Å². The second kappa shape index (κ2) is 8.86. The standard InChI is InChI=1S/C24H25N5O4S/c1-14(2)13-29-16(4)28-34(32,33)21-12-18(8-9-20(21)29)24(31)26-19-7-5-6-17(11-19)23-25-15(3)10-22(30)27-23/h5-12,14H,13H2,1-4H3,(H,26,31)(H,25,27,30). The Morgan fingerprint density at radius 2 is 1.88 bits per heavy atom. The number of carbonyl (C=O) groups is 1. The Labute approximate surface area is 197 Å². The fourth-order valence-corrected chi connectivity index (χ4v) is 5.05. The van der Waals surface area contributed by atoms with E-state index in [1.54, 1.807) is 50.2 Å². The summed E-state index contributed by atoms with van der Waals surface area (Å²) in [7, 11) is -3.92. The van der Waals surface area contributed by atoms with Crippen LogP contribution in [0, 0.1) is 12.8 Å². The zero-order valence-electron chi connectivity index (χ0n) is 19.3. The highest BCUT2D eigenvalue weighted by Crippen LogP contribution is 2.33. The van der Waals surface area contributed by atoms with Gasteiger partial charge in [-0.3, -0.25) is 9.59 Å². The number of fused-ring (bicyclic) bond motifs is 1. The number of aryl methyl sites for hydroxylation is 1. The van der Waals surface area contributed by atoms with Gasteiger partial charge in [-0.2, -0.15) is 8.42 Å². The van der Waals surface area contributed by atoms with Crippen LogP contribution in [-0.4, -0.2) is 36.7 Å². The number of amidine groups is 1. The van der Waals surface area contributed by atoms with Crippen LogP contribution in [0.5, 0.6) is 0 Å². The van der Waals surface area contributed by atoms with Gasteiger partial charge in [0.1, 0.15) is 16.6 Å². The van der Waals surface area contributed by atoms with E-state index in [2.05, 4.69) is 19.7 Å². The number of anilines is 2. The van der Waals surface area contributed by atoms with Gasteiger partial charge >= 0.3 is 0 Å². The lowest BCUT2D eigenvalue weighted by molar-refractivity contribution is 0.102. The smallest absolute Gasteiger partial charge is 0.286 e. The summed E-state index contributed by atoms with van der Waals surface area (Å²) in [5.41, 5.74) is 2.11. The van der Waals surface area contributed by atoms with Gasteiger partial charge in [0.2, 0.25) is 0 Å². The molecule has 0 aliphatic carbocycles. The average Bonchev–Trinajstić information content (AvgIpc) is 2.75. The molecule has 34 heavy (non-hydrogen) atoms. The highest BCUT2D eigenvalue weighted by atomic mass is 32.2. The number of hydrogen-bond acceptors (Lipinski definition) is 6. The van der Waals surface area contributed by atoms with Crippen molar-refractivity contribution in [1.82, 2.24) is 9.97 Å². The van der Waals surface area contributed by atoms with Crippen molar-refractivity contribution < 1.29 is 13.2 Å². The van der Waals surface area contributed by atoms with E-state index in [0.29, 0.717) is 40.8 Å². The second-order valence-corrected chi connectivity index (χ2v) is 10.1. The van der Waals surface area contributed by atoms with Gasteiger partial charge < -0.3 is 15.2 Å². The summed E-state index contributed by atoms with van der Waals surface area (Å²) < 4.78 is 29.3. The number of hydrogen-bond donors (Lipinski definition) is 2. The van der Waals surface area contributed by atoms with Crippen LogP contribution in [0.15, 0.2) is 62.6 Å². The number of amides is 1. The number of nitrogens with one attached hydrogen (secondary N) is 2. The van der Waals surface area contributed by atoms with Crippen LogP contribution in [-0.2, 0) is 10.0 Å². The Balaban J connectivity index is 1.64. The first-order valence-corrected chi connectivity index (χ1v) is 12.2. The lowest BCUT2D eigenvalue weighted by Gasteiger charge is -2.30. The van der Waals surface area contributed by atoms with Gasteiger partial charge in [0.25, 0.3) is 21.5 Å². The Morgan fingerprint density at radius 1 is 1.12 bits per heavy atom. The van der Waals surface area contributed by atoms with E-state index in [4.69, 9.17) is 0 Å². The Morgan fingerprint density at radius 3 is 2.59 bits per heavy atom. The van der Waals surface area contributed by atoms with Crippen LogP contribution >= 0.6 is 0 Å². The molecule has 9 nitrogen and oxygen atoms in total. The molecule has 0 atom stereocenters. The number of H-pyrrole nitrogens is 1. The largest absolute Gasteiger partial charge is 0.328 e. The average molecular weight is 480 g/mol. The predicted octanol–water partition coefficient (Wildman–Crippen LogP) is 3.58. The van der Waals surface area contributed by atoms with Gasteiger partial charge in [-0.15, -0.1) is 4.40 Å². The molecule has 0 bridgehead atoms. The molecule has 0 saturated heterocycles. The number of nitrogens with zero attached hydrogens (tertiary/aromatic N) is 3. The molecular weight excluding hydrogens is 454 g/mol. The van der Waals surface area contributed by atoms with Crippen molar-refractivity contribution in [2.45, 2.75) is 32.6 Å². The molecule has 176 valence electrons. The van der Waals surface area contributed by atoms with Gasteiger partial charge in [-0.1, -0.05) is 26.0 Å². The molecule has 1 aliphatic heterocycles. The molecule has 2 heterocycles. The minimum atomic E-state index is -3.92. The van der Waals surface area contributed by atoms with Gasteiger partial charge in [0.15, 0.2) is 0 Å². The van der Waals surface area contributed by atoms with E-state index < -0.39 is 15.9 Å². The van der Waals surface area contributed by atoms with Crippen molar-refractivity contribution in [3.8, 4) is 11.4 Å². The molecule has 4 rings (SSSR count). The summed E-state index contributed by atoms with van der Waals surface area (Å²) in [5.74, 6) is 0.604. The van der Waals surface area contributed by atoms with Crippen molar-refractivity contribution in [3.05, 3.63) is 70.1 Å². The third-order valence-corrected chi connectivity index (χ3v) is 6.63. The number of rotatable bonds is 5. The topological polar surface area (TPSA) is 125 Å². The summed E-state index contributed by atoms with van der Waals surface area (Å²) >= 11 is 0. The van der Waals surface area contributed by atoms with Gasteiger partial charge in [0.05, 0.1) is 5.69 Å². The molecule has 0 fully saturated rings. The molecule has 2 N–H and O–H groups in total. The normalized spacial score (nSPS) is 14.5. The molecule has 0 radical (unpaired) electrons. The van der Waals surface area contributed by atoms with Gasteiger partial charge in [0, 0.05) is 35.1 Å². The Bertz CT molecular complexity index is 1470. The van der Waals surface area contributed by atoms with Gasteiger partial charge in [-0.25, -0.2) is 4.98 Å². The minimum Gasteiger partial charge on any atom is -0.328 e. The van der Waals surface area contributed by atoms with E-state index in [1.807, 2.05) is 18.7 Å². The molecule has 3 aromatic rings. The number of benzene rings is 2. The maximum absolute atomic E-state index is 13.0. The number of aromatic amines is 1. The van der Waals surface area contributed by atoms with Gasteiger partial charge in [-0.05, 0) is 50.1 Å². The molecule has 1 aromatic heterocycles. The first kappa shape index (κ1) is 23.4. The van der Waals surface area contributed by atoms with Crippen molar-refractivity contribution in [3.63, 3.8) is 0 Å². The number of aromatic nitrogens is 2. The zero-order valence-corrected chi connectivity index (χ0v) is 20.1. The Hall–Kier alpha value is -3.79. The lowest BCUT2D eigenvalue weighted by atomic mass is 10.1. The SMILES string of the molecule is CC1=NS(=O)(=O)c2cc(C(=O)Nc3cccc(-c4nc(C)cc(=O)[nH]4)c3)ccc2N1CC(C)C. The fraction of sp³-hybridized carbons (Fsp3) is 0.250. The van der Waals surface area contributed by atoms with E-state index in [0.717, 1.165) is 0 Å². The Kier molecular flexibility index (Phi) is 6.09. The summed E-state index contributed by atoms with van der Waals surface area (Å²) in [4.78, 5) is 33.6. The van der Waals surface area contributed by atoms with E-state index in [-0.39, 0.29) is 21.9 Å². The maximum atomic E-state index is 13.0. The van der Waals surface area contributed by atoms with Crippen LogP contribution in [0.1, 0.15) is 36.8 Å². The molecule has 0 saturated carbocycles. The summed E-state index contributed by atoms with van der Waals surface area (Å²) in [6, 6.07) is 12.9.